The van der Waals surface area contributed by atoms with Crippen LogP contribution in [0.25, 0.3) is 5.76 Å². The van der Waals surface area contributed by atoms with E-state index in [1.54, 1.807) is 0 Å². The summed E-state index contributed by atoms with van der Waals surface area (Å²) in [5, 5.41) is 0. The molecule has 0 amide bonds. The Kier molecular flexibility index (Phi) is 4.98. The largest absolute Gasteiger partial charge is 0.485 e. The van der Waals surface area contributed by atoms with Crippen LogP contribution in [0, 0.1) is 47.5 Å². The highest BCUT2D eigenvalue weighted by Crippen LogP contribution is 2.46. The maximum absolute atomic E-state index is 13.4. The molecule has 4 rings (SSSR count). The maximum atomic E-state index is 13.4. The Bertz CT molecular complexity index is 1020. The minimum atomic E-state index is 0.0631. The topological polar surface area (TPSA) is 26.3 Å². The first-order chi connectivity index (χ1) is 13.8. The van der Waals surface area contributed by atoms with E-state index in [4.69, 9.17) is 4.74 Å². The number of carbonyl (C=O) groups is 1. The van der Waals surface area contributed by atoms with Crippen molar-refractivity contribution in [1.29, 1.82) is 0 Å². The fourth-order valence-electron chi connectivity index (χ4n) is 5.32. The van der Waals surface area contributed by atoms with Crippen LogP contribution in [0.15, 0.2) is 42.0 Å². The van der Waals surface area contributed by atoms with E-state index in [0.29, 0.717) is 6.42 Å². The second-order valence-electron chi connectivity index (χ2n) is 8.85. The second-order valence-corrected chi connectivity index (χ2v) is 8.85. The van der Waals surface area contributed by atoms with Crippen molar-refractivity contribution in [3.63, 3.8) is 0 Å². The van der Waals surface area contributed by atoms with Gasteiger partial charge in [-0.15, -0.1) is 0 Å². The minimum Gasteiger partial charge on any atom is -0.485 e. The van der Waals surface area contributed by atoms with Gasteiger partial charge in [-0.1, -0.05) is 41.5 Å². The highest BCUT2D eigenvalue weighted by molar-refractivity contribution is 6.01. The molecule has 2 heteroatoms. The smallest absolute Gasteiger partial charge is 0.167 e. The zero-order valence-corrected chi connectivity index (χ0v) is 18.3. The number of aryl methyl sites for hydroxylation is 6. The zero-order valence-electron chi connectivity index (χ0n) is 18.3. The van der Waals surface area contributed by atoms with E-state index in [1.807, 2.05) is 13.8 Å². The number of hydrogen-bond donors (Lipinski definition) is 0. The summed E-state index contributed by atoms with van der Waals surface area (Å²) in [6.45, 7) is 12.6. The quantitative estimate of drug-likeness (QED) is 0.443. The van der Waals surface area contributed by atoms with Gasteiger partial charge in [0, 0.05) is 23.5 Å². The van der Waals surface area contributed by atoms with Crippen LogP contribution in [-0.2, 0) is 4.74 Å². The number of fused-ring (bicyclic) bond motifs is 1. The van der Waals surface area contributed by atoms with Crippen molar-refractivity contribution in [2.75, 3.05) is 0 Å². The van der Waals surface area contributed by atoms with E-state index in [-0.39, 0.29) is 17.8 Å². The van der Waals surface area contributed by atoms with Crippen molar-refractivity contribution in [3.05, 3.63) is 86.5 Å². The molecule has 1 heterocycles. The van der Waals surface area contributed by atoms with Gasteiger partial charge in [-0.2, -0.15) is 0 Å². The standard InChI is InChI=1S/C27H30O2/c1-15-10-17(3)25(18(4)11-15)23(28)14-22-21-8-7-9-24(21)29-27(22)26-19(5)12-16(2)13-20(26)6/h7,9-13,21,24H,8,14H2,1-6H3/t21-,24-/m1/s1. The SMILES string of the molecule is Cc1cc(C)c(C(=O)CC2=C(c3c(C)cc(C)cc3C)O[C@@H]3C=CC[C@H]23)c(C)c1. The fourth-order valence-corrected chi connectivity index (χ4v) is 5.32. The van der Waals surface area contributed by atoms with Gasteiger partial charge in [0.15, 0.2) is 5.78 Å². The van der Waals surface area contributed by atoms with Gasteiger partial charge in [-0.05, 0) is 81.9 Å². The molecule has 0 saturated heterocycles. The number of carbonyl (C=O) groups excluding carboxylic acids is 1. The van der Waals surface area contributed by atoms with E-state index >= 15 is 0 Å². The lowest BCUT2D eigenvalue weighted by Gasteiger charge is -2.16. The predicted octanol–water partition coefficient (Wildman–Crippen LogP) is 6.50. The zero-order chi connectivity index (χ0) is 20.9. The molecule has 2 atom stereocenters. The van der Waals surface area contributed by atoms with Crippen molar-refractivity contribution < 1.29 is 9.53 Å². The van der Waals surface area contributed by atoms with Crippen LogP contribution in [-0.4, -0.2) is 11.9 Å². The van der Waals surface area contributed by atoms with Gasteiger partial charge >= 0.3 is 0 Å². The second kappa shape index (κ2) is 7.33. The van der Waals surface area contributed by atoms with Crippen LogP contribution in [0.2, 0.25) is 0 Å². The summed E-state index contributed by atoms with van der Waals surface area (Å²) in [5.41, 5.74) is 10.2. The molecule has 150 valence electrons. The molecule has 0 unspecified atom stereocenters. The van der Waals surface area contributed by atoms with Gasteiger partial charge in [0.1, 0.15) is 11.9 Å². The summed E-state index contributed by atoms with van der Waals surface area (Å²) < 4.78 is 6.44. The van der Waals surface area contributed by atoms with Crippen molar-refractivity contribution >= 4 is 11.5 Å². The normalized spacial score (nSPS) is 20.2. The van der Waals surface area contributed by atoms with Crippen molar-refractivity contribution in [3.8, 4) is 0 Å². The Labute approximate surface area is 174 Å². The Balaban J connectivity index is 1.79. The van der Waals surface area contributed by atoms with E-state index in [1.165, 1.54) is 33.4 Å². The first kappa shape index (κ1) is 19.7. The summed E-state index contributed by atoms with van der Waals surface area (Å²) in [6, 6.07) is 8.62. The molecule has 1 aliphatic carbocycles. The molecule has 0 saturated carbocycles. The number of benzene rings is 2. The maximum Gasteiger partial charge on any atom is 0.167 e. The summed E-state index contributed by atoms with van der Waals surface area (Å²) in [6.07, 6.45) is 5.78. The van der Waals surface area contributed by atoms with Crippen LogP contribution in [0.3, 0.4) is 0 Å². The van der Waals surface area contributed by atoms with Gasteiger partial charge in [-0.25, -0.2) is 0 Å². The summed E-state index contributed by atoms with van der Waals surface area (Å²) in [5.74, 6) is 1.42. The Morgan fingerprint density at radius 1 is 0.897 bits per heavy atom. The van der Waals surface area contributed by atoms with E-state index < -0.39 is 0 Å². The number of hydrogen-bond acceptors (Lipinski definition) is 2. The molecule has 2 nitrogen and oxygen atoms in total. The van der Waals surface area contributed by atoms with E-state index in [2.05, 4.69) is 64.1 Å². The van der Waals surface area contributed by atoms with Crippen LogP contribution in [0.1, 0.15) is 62.1 Å². The molecule has 0 radical (unpaired) electrons. The first-order valence-corrected chi connectivity index (χ1v) is 10.5. The molecule has 1 aliphatic heterocycles. The van der Waals surface area contributed by atoms with Crippen molar-refractivity contribution in [2.45, 2.75) is 60.5 Å². The van der Waals surface area contributed by atoms with E-state index in [9.17, 15) is 4.79 Å². The van der Waals surface area contributed by atoms with Gasteiger partial charge in [0.25, 0.3) is 0 Å². The third-order valence-corrected chi connectivity index (χ3v) is 6.32. The van der Waals surface area contributed by atoms with Gasteiger partial charge in [-0.3, -0.25) is 4.79 Å². The number of rotatable bonds is 4. The third-order valence-electron chi connectivity index (χ3n) is 6.32. The molecule has 0 fully saturated rings. The van der Waals surface area contributed by atoms with Gasteiger partial charge < -0.3 is 4.74 Å². The van der Waals surface area contributed by atoms with Crippen LogP contribution in [0.4, 0.5) is 0 Å². The van der Waals surface area contributed by atoms with Crippen LogP contribution < -0.4 is 0 Å². The average molecular weight is 387 g/mol. The molecule has 0 N–H and O–H groups in total. The highest BCUT2D eigenvalue weighted by atomic mass is 16.5. The lowest BCUT2D eigenvalue weighted by atomic mass is 9.86. The van der Waals surface area contributed by atoms with Crippen LogP contribution >= 0.6 is 0 Å². The molecular formula is C27H30O2. The summed E-state index contributed by atoms with van der Waals surface area (Å²) >= 11 is 0. The van der Waals surface area contributed by atoms with Gasteiger partial charge in [0.05, 0.1) is 0 Å². The molecular weight excluding hydrogens is 356 g/mol. The summed E-state index contributed by atoms with van der Waals surface area (Å²) in [7, 11) is 0. The molecule has 0 spiro atoms. The van der Waals surface area contributed by atoms with Gasteiger partial charge in [0.2, 0.25) is 0 Å². The number of ketones is 1. The third kappa shape index (κ3) is 3.46. The minimum absolute atomic E-state index is 0.0631. The molecule has 2 aromatic carbocycles. The summed E-state index contributed by atoms with van der Waals surface area (Å²) in [4.78, 5) is 13.4. The number of Topliss-reactive ketones (excluding diaryl/α,β-unsaturated/α-hetero) is 1. The molecule has 2 aliphatic rings. The molecule has 0 aromatic heterocycles. The molecule has 2 aromatic rings. The Morgan fingerprint density at radius 2 is 1.45 bits per heavy atom. The monoisotopic (exact) mass is 386 g/mol. The molecule has 0 bridgehead atoms. The Morgan fingerprint density at radius 3 is 2.03 bits per heavy atom. The van der Waals surface area contributed by atoms with Crippen molar-refractivity contribution in [1.82, 2.24) is 0 Å². The van der Waals surface area contributed by atoms with Crippen molar-refractivity contribution in [2.24, 2.45) is 5.92 Å². The fraction of sp³-hybridized carbons (Fsp3) is 0.370. The Hall–Kier alpha value is -2.61. The lowest BCUT2D eigenvalue weighted by Crippen LogP contribution is -2.14. The number of ether oxygens (including phenoxy) is 1. The predicted molar refractivity (Wildman–Crippen MR) is 119 cm³/mol. The van der Waals surface area contributed by atoms with Crippen LogP contribution in [0.5, 0.6) is 0 Å². The highest BCUT2D eigenvalue weighted by Gasteiger charge is 2.39. The number of allylic oxidation sites excluding steroid dienone is 1. The molecule has 29 heavy (non-hydrogen) atoms. The average Bonchev–Trinajstić information content (AvgIpc) is 3.16. The first-order valence-electron chi connectivity index (χ1n) is 10.5. The lowest BCUT2D eigenvalue weighted by molar-refractivity contribution is 0.0989. The van der Waals surface area contributed by atoms with E-state index in [0.717, 1.165) is 28.9 Å².